The minimum atomic E-state index is -0.433. The van der Waals surface area contributed by atoms with Gasteiger partial charge in [-0.05, 0) is 19.9 Å². The van der Waals surface area contributed by atoms with Crippen molar-refractivity contribution in [3.8, 4) is 12.3 Å². The smallest absolute Gasteiger partial charge is 0.128 e. The molecule has 0 heterocycles. The maximum Gasteiger partial charge on any atom is 0.128 e. The summed E-state index contributed by atoms with van der Waals surface area (Å²) in [6, 6.07) is 6.71. The summed E-state index contributed by atoms with van der Waals surface area (Å²) in [4.78, 5) is 0. The van der Waals surface area contributed by atoms with E-state index < -0.39 is 5.54 Å². The molecular formula is C12H14FN. The third kappa shape index (κ3) is 2.34. The Balaban J connectivity index is 2.92. The number of benzene rings is 1. The highest BCUT2D eigenvalue weighted by atomic mass is 19.1. The molecule has 0 aromatic heterocycles. The number of hydrogen-bond acceptors (Lipinski definition) is 1. The van der Waals surface area contributed by atoms with Crippen molar-refractivity contribution >= 4 is 0 Å². The number of hydrogen-bond donors (Lipinski definition) is 1. The zero-order valence-electron chi connectivity index (χ0n) is 8.47. The fourth-order valence-corrected chi connectivity index (χ4v) is 1.34. The molecule has 0 amide bonds. The van der Waals surface area contributed by atoms with Crippen LogP contribution in [-0.4, -0.2) is 6.54 Å². The molecule has 0 fully saturated rings. The Morgan fingerprint density at radius 3 is 2.64 bits per heavy atom. The average molecular weight is 191 g/mol. The molecule has 1 aromatic rings. The molecule has 1 aromatic carbocycles. The lowest BCUT2D eigenvalue weighted by Gasteiger charge is -2.26. The molecule has 14 heavy (non-hydrogen) atoms. The predicted octanol–water partition coefficient (Wildman–Crippen LogP) is 2.28. The lowest BCUT2D eigenvalue weighted by molar-refractivity contribution is 0.406. The highest BCUT2D eigenvalue weighted by molar-refractivity contribution is 5.24. The third-order valence-corrected chi connectivity index (χ3v) is 2.18. The quantitative estimate of drug-likeness (QED) is 0.723. The molecule has 0 atom stereocenters. The van der Waals surface area contributed by atoms with Gasteiger partial charge in [0.1, 0.15) is 5.82 Å². The Labute approximate surface area is 84.3 Å². The highest BCUT2D eigenvalue weighted by Crippen LogP contribution is 2.22. The van der Waals surface area contributed by atoms with Gasteiger partial charge in [-0.2, -0.15) is 0 Å². The van der Waals surface area contributed by atoms with Crippen LogP contribution in [0.3, 0.4) is 0 Å². The number of rotatable bonds is 3. The van der Waals surface area contributed by atoms with Crippen LogP contribution in [0.2, 0.25) is 0 Å². The molecule has 0 spiro atoms. The van der Waals surface area contributed by atoms with Gasteiger partial charge in [0, 0.05) is 11.1 Å². The molecule has 0 aliphatic heterocycles. The molecule has 74 valence electrons. The van der Waals surface area contributed by atoms with E-state index in [4.69, 9.17) is 6.42 Å². The van der Waals surface area contributed by atoms with Crippen LogP contribution in [0.4, 0.5) is 4.39 Å². The van der Waals surface area contributed by atoms with Gasteiger partial charge in [-0.3, -0.25) is 5.32 Å². The van der Waals surface area contributed by atoms with E-state index in [1.165, 1.54) is 6.07 Å². The van der Waals surface area contributed by atoms with E-state index in [0.717, 1.165) is 0 Å². The maximum absolute atomic E-state index is 13.4. The molecule has 2 heteroatoms. The molecule has 1 nitrogen and oxygen atoms in total. The monoisotopic (exact) mass is 191 g/mol. The van der Waals surface area contributed by atoms with Gasteiger partial charge in [-0.15, -0.1) is 6.42 Å². The van der Waals surface area contributed by atoms with Crippen LogP contribution in [0.25, 0.3) is 0 Å². The Hall–Kier alpha value is -1.33. The summed E-state index contributed by atoms with van der Waals surface area (Å²) in [5.74, 6) is 2.27. The lowest BCUT2D eigenvalue weighted by Crippen LogP contribution is -2.37. The Morgan fingerprint density at radius 2 is 2.07 bits per heavy atom. The summed E-state index contributed by atoms with van der Waals surface area (Å²) in [6.07, 6.45) is 5.15. The van der Waals surface area contributed by atoms with Gasteiger partial charge < -0.3 is 0 Å². The fraction of sp³-hybridized carbons (Fsp3) is 0.333. The van der Waals surface area contributed by atoms with Crippen LogP contribution in [-0.2, 0) is 5.54 Å². The van der Waals surface area contributed by atoms with Gasteiger partial charge in [0.2, 0.25) is 0 Å². The van der Waals surface area contributed by atoms with Crippen molar-refractivity contribution in [2.45, 2.75) is 19.4 Å². The summed E-state index contributed by atoms with van der Waals surface area (Å²) in [6.45, 7) is 4.24. The zero-order valence-corrected chi connectivity index (χ0v) is 8.47. The normalized spacial score (nSPS) is 11.0. The van der Waals surface area contributed by atoms with E-state index in [1.807, 2.05) is 19.9 Å². The van der Waals surface area contributed by atoms with Crippen molar-refractivity contribution in [3.63, 3.8) is 0 Å². The lowest BCUT2D eigenvalue weighted by atomic mass is 9.94. The third-order valence-electron chi connectivity index (χ3n) is 2.18. The van der Waals surface area contributed by atoms with Gasteiger partial charge in [0.25, 0.3) is 0 Å². The van der Waals surface area contributed by atoms with Crippen LogP contribution in [0.15, 0.2) is 24.3 Å². The maximum atomic E-state index is 13.4. The predicted molar refractivity (Wildman–Crippen MR) is 56.3 cm³/mol. The van der Waals surface area contributed by atoms with E-state index in [1.54, 1.807) is 12.1 Å². The van der Waals surface area contributed by atoms with Gasteiger partial charge in [-0.1, -0.05) is 24.1 Å². The second kappa shape index (κ2) is 4.26. The van der Waals surface area contributed by atoms with E-state index in [-0.39, 0.29) is 5.82 Å². The fourth-order valence-electron chi connectivity index (χ4n) is 1.34. The first kappa shape index (κ1) is 10.7. The van der Waals surface area contributed by atoms with Crippen LogP contribution < -0.4 is 5.32 Å². The highest BCUT2D eigenvalue weighted by Gasteiger charge is 2.22. The summed E-state index contributed by atoms with van der Waals surface area (Å²) >= 11 is 0. The molecule has 0 saturated carbocycles. The summed E-state index contributed by atoms with van der Waals surface area (Å²) in [5, 5.41) is 3.09. The van der Waals surface area contributed by atoms with Gasteiger partial charge >= 0.3 is 0 Å². The Kier molecular flexibility index (Phi) is 3.27. The molecule has 0 unspecified atom stereocenters. The average Bonchev–Trinajstić information content (AvgIpc) is 2.15. The molecular weight excluding hydrogens is 177 g/mol. The summed E-state index contributed by atoms with van der Waals surface area (Å²) < 4.78 is 13.4. The first-order valence-electron chi connectivity index (χ1n) is 4.51. The molecule has 0 bridgehead atoms. The van der Waals surface area contributed by atoms with E-state index in [9.17, 15) is 4.39 Å². The Morgan fingerprint density at radius 1 is 1.43 bits per heavy atom. The van der Waals surface area contributed by atoms with Crippen LogP contribution in [0.5, 0.6) is 0 Å². The van der Waals surface area contributed by atoms with E-state index in [2.05, 4.69) is 11.2 Å². The summed E-state index contributed by atoms with van der Waals surface area (Å²) in [7, 11) is 0. The SMILES string of the molecule is C#CCNC(C)(C)c1ccccc1F. The van der Waals surface area contributed by atoms with Crippen molar-refractivity contribution in [2.75, 3.05) is 6.54 Å². The molecule has 1 rings (SSSR count). The molecule has 0 radical (unpaired) electrons. The molecule has 0 aliphatic rings. The number of halogens is 1. The van der Waals surface area contributed by atoms with Crippen LogP contribution in [0.1, 0.15) is 19.4 Å². The van der Waals surface area contributed by atoms with Gasteiger partial charge in [-0.25, -0.2) is 4.39 Å². The number of terminal acetylenes is 1. The first-order valence-corrected chi connectivity index (χ1v) is 4.51. The zero-order chi connectivity index (χ0) is 10.6. The second-order valence-corrected chi connectivity index (χ2v) is 3.66. The summed E-state index contributed by atoms with van der Waals surface area (Å²) in [5.41, 5.74) is 0.202. The van der Waals surface area contributed by atoms with Gasteiger partial charge in [0.15, 0.2) is 0 Å². The standard InChI is InChI=1S/C12H14FN/c1-4-9-14-12(2,3)10-7-5-6-8-11(10)13/h1,5-8,14H,9H2,2-3H3. The van der Waals surface area contributed by atoms with Crippen molar-refractivity contribution in [3.05, 3.63) is 35.6 Å². The topological polar surface area (TPSA) is 12.0 Å². The first-order chi connectivity index (χ1) is 6.58. The minimum Gasteiger partial charge on any atom is -0.297 e. The van der Waals surface area contributed by atoms with Gasteiger partial charge in [0.05, 0.1) is 6.54 Å². The van der Waals surface area contributed by atoms with Crippen molar-refractivity contribution in [2.24, 2.45) is 0 Å². The number of nitrogens with one attached hydrogen (secondary N) is 1. The van der Waals surface area contributed by atoms with Crippen molar-refractivity contribution in [1.29, 1.82) is 0 Å². The van der Waals surface area contributed by atoms with Crippen molar-refractivity contribution < 1.29 is 4.39 Å². The van der Waals surface area contributed by atoms with E-state index in [0.29, 0.717) is 12.1 Å². The van der Waals surface area contributed by atoms with Crippen LogP contribution in [0, 0.1) is 18.2 Å². The minimum absolute atomic E-state index is 0.206. The Bertz CT molecular complexity index is 350. The van der Waals surface area contributed by atoms with Crippen molar-refractivity contribution in [1.82, 2.24) is 5.32 Å². The molecule has 1 N–H and O–H groups in total. The molecule has 0 saturated heterocycles. The van der Waals surface area contributed by atoms with E-state index >= 15 is 0 Å². The van der Waals surface area contributed by atoms with Crippen LogP contribution >= 0.6 is 0 Å². The second-order valence-electron chi connectivity index (χ2n) is 3.66. The largest absolute Gasteiger partial charge is 0.297 e. The molecule has 0 aliphatic carbocycles.